The minimum absolute atomic E-state index is 0.0132. The molecule has 2 heterocycles. The lowest BCUT2D eigenvalue weighted by Crippen LogP contribution is -2.44. The Bertz CT molecular complexity index is 2850. The van der Waals surface area contributed by atoms with Crippen molar-refractivity contribution in [3.63, 3.8) is 0 Å². The van der Waals surface area contributed by atoms with Crippen molar-refractivity contribution in [2.75, 3.05) is 34.4 Å². The van der Waals surface area contributed by atoms with Crippen molar-refractivity contribution in [2.45, 2.75) is 119 Å². The Morgan fingerprint density at radius 2 is 1.37 bits per heavy atom. The predicted molar refractivity (Wildman–Crippen MR) is 271 cm³/mol. The van der Waals surface area contributed by atoms with E-state index in [0.717, 1.165) is 5.56 Å². The third-order valence-corrected chi connectivity index (χ3v) is 17.1. The average Bonchev–Trinajstić information content (AvgIpc) is 4.00. The number of ether oxygens (including phenoxy) is 4. The molecule has 0 bridgehead atoms. The van der Waals surface area contributed by atoms with Crippen molar-refractivity contribution < 1.29 is 45.1 Å². The minimum atomic E-state index is -4.93. The van der Waals surface area contributed by atoms with E-state index in [2.05, 4.69) is 19.8 Å². The zero-order valence-electron chi connectivity index (χ0n) is 41.7. The summed E-state index contributed by atoms with van der Waals surface area (Å²) in [5.74, 6) is 1.64. The van der Waals surface area contributed by atoms with E-state index in [1.165, 1.54) is 34.3 Å². The quantitative estimate of drug-likeness (QED) is 0.0839. The lowest BCUT2D eigenvalue weighted by Gasteiger charge is -2.30. The summed E-state index contributed by atoms with van der Waals surface area (Å²) in [5.41, 5.74) is 2.17. The van der Waals surface area contributed by atoms with Crippen LogP contribution in [0.25, 0.3) is 17.0 Å². The lowest BCUT2D eigenvalue weighted by atomic mass is 9.88. The Labute approximate surface area is 420 Å². The standard InChI is InChI=1S/C50H64N8O10S3/c1-49(2,3)68-48(59)56-28-27-39(33-56)54-70(61,62)44-26-25-43(37-11-10-12-38(29-37)53-69(60)50(4,5)6)45(47-51-55-58(52-47)32-36-17-23-42(67-9)24-18-36)46(44)71(63,64)57(30-34-13-19-40(65-7)20-14-34)31-35-15-21-41(66-8)22-16-35/h13-26,29,38-39,53-54H,10-12,27-28,30-33H2,1-9H3/t38?,39-,69+/m1/s1. The highest BCUT2D eigenvalue weighted by molar-refractivity contribution is 7.92. The molecular weight excluding hydrogens is 969 g/mol. The Hall–Kier alpha value is -5.55. The maximum absolute atomic E-state index is 16.2. The number of carbonyl (C=O) groups is 1. The zero-order valence-corrected chi connectivity index (χ0v) is 44.1. The summed E-state index contributed by atoms with van der Waals surface area (Å²) in [7, 11) is -5.03. The molecule has 0 saturated carbocycles. The van der Waals surface area contributed by atoms with Crippen LogP contribution in [0.1, 0.15) is 89.5 Å². The van der Waals surface area contributed by atoms with E-state index in [1.54, 1.807) is 94.6 Å². The van der Waals surface area contributed by atoms with Gasteiger partial charge in [0.25, 0.3) is 0 Å². The number of tetrazole rings is 1. The molecule has 2 N–H and O–H groups in total. The number of amides is 1. The van der Waals surface area contributed by atoms with Crippen LogP contribution in [0.5, 0.6) is 17.2 Å². The molecule has 7 rings (SSSR count). The second-order valence-corrected chi connectivity index (χ2v) is 25.1. The molecule has 1 aliphatic carbocycles. The fourth-order valence-electron chi connectivity index (χ4n) is 8.23. The van der Waals surface area contributed by atoms with Crippen LogP contribution in [0.4, 0.5) is 4.79 Å². The van der Waals surface area contributed by atoms with Gasteiger partial charge in [0, 0.05) is 43.6 Å². The van der Waals surface area contributed by atoms with E-state index in [-0.39, 0.29) is 56.6 Å². The van der Waals surface area contributed by atoms with E-state index < -0.39 is 63.7 Å². The van der Waals surface area contributed by atoms with E-state index in [4.69, 9.17) is 24.0 Å². The summed E-state index contributed by atoms with van der Waals surface area (Å²) >= 11 is -1.44. The molecule has 5 aromatic rings. The second-order valence-electron chi connectivity index (χ2n) is 19.5. The molecule has 4 aromatic carbocycles. The SMILES string of the molecule is COc1ccc(CN(Cc2ccc(OC)cc2)S(=O)(=O)c2c(S(=O)(=O)N[C@@H]3CCN(C(=O)OC(C)(C)C)C3)ccc(C3=CC(N[S@@+]([O-])C(C)(C)C)CCC3)c2-c2nnn(Cc3ccc(OC)cc3)n2)cc1. The molecule has 1 fully saturated rings. The van der Waals surface area contributed by atoms with Gasteiger partial charge in [-0.15, -0.1) is 14.9 Å². The summed E-state index contributed by atoms with van der Waals surface area (Å²) in [6.07, 6.45) is 3.34. The molecule has 1 saturated heterocycles. The summed E-state index contributed by atoms with van der Waals surface area (Å²) < 4.78 is 105. The largest absolute Gasteiger partial charge is 0.598 e. The first-order chi connectivity index (χ1) is 33.6. The lowest BCUT2D eigenvalue weighted by molar-refractivity contribution is 0.0291. The summed E-state index contributed by atoms with van der Waals surface area (Å²) in [4.78, 5) is 14.7. The number of nitrogens with one attached hydrogen (secondary N) is 2. The van der Waals surface area contributed by atoms with Crippen LogP contribution in [0.2, 0.25) is 0 Å². The van der Waals surface area contributed by atoms with Crippen molar-refractivity contribution in [3.05, 3.63) is 113 Å². The number of hydrogen-bond donors (Lipinski definition) is 2. The average molecular weight is 1030 g/mol. The van der Waals surface area contributed by atoms with Crippen LogP contribution in [0.15, 0.2) is 101 Å². The van der Waals surface area contributed by atoms with Gasteiger partial charge in [0.1, 0.15) is 37.4 Å². The van der Waals surface area contributed by atoms with Crippen LogP contribution in [0, 0.1) is 0 Å². The topological polar surface area (TPSA) is 219 Å². The van der Waals surface area contributed by atoms with E-state index in [9.17, 15) is 9.35 Å². The number of aromatic nitrogens is 4. The molecule has 71 heavy (non-hydrogen) atoms. The molecule has 0 spiro atoms. The van der Waals surface area contributed by atoms with Crippen molar-refractivity contribution in [1.82, 2.24) is 38.9 Å². The zero-order chi connectivity index (χ0) is 51.3. The van der Waals surface area contributed by atoms with E-state index in [1.807, 2.05) is 39.0 Å². The molecule has 1 aliphatic heterocycles. The fraction of sp³-hybridized carbons (Fsp3) is 0.440. The maximum atomic E-state index is 16.2. The highest BCUT2D eigenvalue weighted by Gasteiger charge is 2.41. The fourth-order valence-corrected chi connectivity index (χ4v) is 12.7. The van der Waals surface area contributed by atoms with Gasteiger partial charge >= 0.3 is 6.09 Å². The minimum Gasteiger partial charge on any atom is -0.598 e. The van der Waals surface area contributed by atoms with Gasteiger partial charge in [0.05, 0.1) is 39.5 Å². The van der Waals surface area contributed by atoms with E-state index in [0.29, 0.717) is 58.8 Å². The highest BCUT2D eigenvalue weighted by atomic mass is 32.2. The number of sulfonamides is 2. The molecule has 382 valence electrons. The van der Waals surface area contributed by atoms with Crippen molar-refractivity contribution in [2.24, 2.45) is 0 Å². The maximum Gasteiger partial charge on any atom is 0.410 e. The van der Waals surface area contributed by atoms with Crippen LogP contribution in [-0.4, -0.2) is 114 Å². The summed E-state index contributed by atoms with van der Waals surface area (Å²) in [6.45, 7) is 10.8. The predicted octanol–water partition coefficient (Wildman–Crippen LogP) is 7.08. The summed E-state index contributed by atoms with van der Waals surface area (Å²) in [6, 6.07) is 22.9. The number of allylic oxidation sites excluding steroid dienone is 1. The summed E-state index contributed by atoms with van der Waals surface area (Å²) in [5, 5.41) is 13.6. The second kappa shape index (κ2) is 22.1. The highest BCUT2D eigenvalue weighted by Crippen LogP contribution is 2.42. The monoisotopic (exact) mass is 1030 g/mol. The number of carbonyl (C=O) groups excluding carboxylic acids is 1. The molecule has 0 radical (unpaired) electrons. The molecule has 2 aliphatic rings. The molecular formula is C50H64N8O10S3. The van der Waals surface area contributed by atoms with Gasteiger partial charge in [-0.1, -0.05) is 48.5 Å². The number of likely N-dealkylation sites (tertiary alicyclic amines) is 1. The molecule has 18 nitrogen and oxygen atoms in total. The Kier molecular flexibility index (Phi) is 16.5. The van der Waals surface area contributed by atoms with Crippen LogP contribution >= 0.6 is 0 Å². The molecule has 1 amide bonds. The number of hydrogen-bond acceptors (Lipinski definition) is 14. The van der Waals surface area contributed by atoms with Gasteiger partial charge in [-0.25, -0.2) is 26.4 Å². The van der Waals surface area contributed by atoms with Gasteiger partial charge < -0.3 is 28.4 Å². The Balaban J connectivity index is 1.45. The molecule has 1 unspecified atom stereocenters. The third-order valence-electron chi connectivity index (χ3n) is 11.9. The molecule has 1 aromatic heterocycles. The van der Waals surface area contributed by atoms with Crippen molar-refractivity contribution in [3.8, 4) is 28.6 Å². The number of nitrogens with zero attached hydrogens (tertiary/aromatic N) is 6. The normalized spacial score (nSPS) is 17.2. The van der Waals surface area contributed by atoms with Gasteiger partial charge in [0.15, 0.2) is 0 Å². The Morgan fingerprint density at radius 3 is 1.90 bits per heavy atom. The van der Waals surface area contributed by atoms with Crippen LogP contribution < -0.4 is 23.7 Å². The van der Waals surface area contributed by atoms with Crippen LogP contribution in [0.3, 0.4) is 0 Å². The Morgan fingerprint density at radius 1 is 0.803 bits per heavy atom. The first-order valence-corrected chi connectivity index (χ1v) is 27.4. The van der Waals surface area contributed by atoms with Gasteiger partial charge in [-0.05, 0) is 143 Å². The van der Waals surface area contributed by atoms with Crippen molar-refractivity contribution in [1.29, 1.82) is 0 Å². The molecule has 3 atom stereocenters. The first-order valence-electron chi connectivity index (χ1n) is 23.3. The third kappa shape index (κ3) is 13.3. The number of benzene rings is 4. The van der Waals surface area contributed by atoms with Crippen molar-refractivity contribution >= 4 is 43.1 Å². The van der Waals surface area contributed by atoms with E-state index >= 15 is 16.8 Å². The molecule has 21 heteroatoms. The first kappa shape index (κ1) is 53.3. The van der Waals surface area contributed by atoms with Crippen LogP contribution in [-0.2, 0) is 55.8 Å². The number of methoxy groups -OCH3 is 3. The number of rotatable bonds is 18. The van der Waals surface area contributed by atoms with Gasteiger partial charge in [0.2, 0.25) is 25.9 Å². The van der Waals surface area contributed by atoms with Gasteiger partial charge in [-0.3, -0.25) is 0 Å². The smallest absolute Gasteiger partial charge is 0.410 e. The van der Waals surface area contributed by atoms with Gasteiger partial charge in [-0.2, -0.15) is 9.10 Å².